The second-order valence-electron chi connectivity index (χ2n) is 5.64. The Hall–Kier alpha value is -1.97. The van der Waals surface area contributed by atoms with E-state index >= 15 is 0 Å². The average Bonchev–Trinajstić information content (AvgIpc) is 3.22. The van der Waals surface area contributed by atoms with E-state index in [4.69, 9.17) is 0 Å². The van der Waals surface area contributed by atoms with Gasteiger partial charge in [0.25, 0.3) is 0 Å². The van der Waals surface area contributed by atoms with E-state index in [0.29, 0.717) is 6.04 Å². The quantitative estimate of drug-likeness (QED) is 0.434. The third-order valence-electron chi connectivity index (χ3n) is 3.81. The van der Waals surface area contributed by atoms with Crippen molar-refractivity contribution in [2.45, 2.75) is 38.6 Å². The first kappa shape index (κ1) is 14.0. The highest BCUT2D eigenvalue weighted by Gasteiger charge is 2.21. The number of guanidine groups is 1. The molecule has 0 saturated heterocycles. The van der Waals surface area contributed by atoms with Crippen LogP contribution in [0.2, 0.25) is 0 Å². The van der Waals surface area contributed by atoms with Gasteiger partial charge in [-0.2, -0.15) is 0 Å². The highest BCUT2D eigenvalue weighted by molar-refractivity contribution is 5.83. The van der Waals surface area contributed by atoms with E-state index in [1.165, 1.54) is 29.3 Å². The maximum Gasteiger partial charge on any atom is 0.191 e. The lowest BCUT2D eigenvalue weighted by molar-refractivity contribution is 0.784. The van der Waals surface area contributed by atoms with Crippen molar-refractivity contribution in [3.63, 3.8) is 0 Å². The highest BCUT2D eigenvalue weighted by atomic mass is 15.2. The fourth-order valence-corrected chi connectivity index (χ4v) is 2.54. The lowest BCUT2D eigenvalue weighted by atomic mass is 10.1. The maximum absolute atomic E-state index is 4.66. The lowest BCUT2D eigenvalue weighted by Gasteiger charge is -2.09. The molecule has 1 aromatic carbocycles. The van der Waals surface area contributed by atoms with E-state index in [1.54, 1.807) is 0 Å². The first-order valence-corrected chi connectivity index (χ1v) is 7.96. The number of hydrogen-bond acceptors (Lipinski definition) is 1. The Bertz CT molecular complexity index is 610. The topological polar surface area (TPSA) is 52.2 Å². The van der Waals surface area contributed by atoms with Gasteiger partial charge in [0.2, 0.25) is 0 Å². The number of H-pyrrole nitrogens is 1. The minimum atomic E-state index is 0.649. The summed E-state index contributed by atoms with van der Waals surface area (Å²) >= 11 is 0. The Morgan fingerprint density at radius 1 is 1.33 bits per heavy atom. The molecule has 1 aromatic heterocycles. The van der Waals surface area contributed by atoms with Crippen molar-refractivity contribution in [1.82, 2.24) is 15.6 Å². The number of aromatic amines is 1. The Kier molecular flexibility index (Phi) is 4.43. The van der Waals surface area contributed by atoms with Gasteiger partial charge in [0.15, 0.2) is 5.96 Å². The Morgan fingerprint density at radius 3 is 3.00 bits per heavy atom. The van der Waals surface area contributed by atoms with Crippen LogP contribution in [0.15, 0.2) is 35.5 Å². The standard InChI is InChI=1S/C17H24N4/c1-2-18-17(21-14-9-10-14)19-11-5-6-13-12-20-16-8-4-3-7-15(13)16/h3-4,7-8,12,14,20H,2,5-6,9-11H2,1H3,(H2,18,19,21). The monoisotopic (exact) mass is 284 g/mol. The molecule has 0 spiro atoms. The lowest BCUT2D eigenvalue weighted by Crippen LogP contribution is -2.38. The summed E-state index contributed by atoms with van der Waals surface area (Å²) in [7, 11) is 0. The zero-order chi connectivity index (χ0) is 14.5. The van der Waals surface area contributed by atoms with Gasteiger partial charge >= 0.3 is 0 Å². The molecule has 3 N–H and O–H groups in total. The van der Waals surface area contributed by atoms with Crippen molar-refractivity contribution in [3.8, 4) is 0 Å². The molecule has 1 aliphatic rings. The minimum absolute atomic E-state index is 0.649. The average molecular weight is 284 g/mol. The summed E-state index contributed by atoms with van der Waals surface area (Å²) in [6.07, 6.45) is 6.82. The zero-order valence-corrected chi connectivity index (χ0v) is 12.7. The number of nitrogens with zero attached hydrogens (tertiary/aromatic N) is 1. The molecule has 1 aliphatic carbocycles. The molecule has 0 radical (unpaired) electrons. The molecule has 3 rings (SSSR count). The Balaban J connectivity index is 1.52. The van der Waals surface area contributed by atoms with Gasteiger partial charge in [-0.05, 0) is 44.2 Å². The molecule has 21 heavy (non-hydrogen) atoms. The van der Waals surface area contributed by atoms with Gasteiger partial charge in [-0.3, -0.25) is 4.99 Å². The normalized spacial score (nSPS) is 15.4. The van der Waals surface area contributed by atoms with Crippen molar-refractivity contribution in [1.29, 1.82) is 0 Å². The van der Waals surface area contributed by atoms with Gasteiger partial charge < -0.3 is 15.6 Å². The fraction of sp³-hybridized carbons (Fsp3) is 0.471. The zero-order valence-electron chi connectivity index (χ0n) is 12.7. The molecule has 0 atom stereocenters. The summed E-state index contributed by atoms with van der Waals surface area (Å²) < 4.78 is 0. The van der Waals surface area contributed by atoms with Crippen LogP contribution in [0.4, 0.5) is 0 Å². The molecular formula is C17H24N4. The fourth-order valence-electron chi connectivity index (χ4n) is 2.54. The number of aliphatic imine (C=N–C) groups is 1. The summed E-state index contributed by atoms with van der Waals surface area (Å²) in [5, 5.41) is 8.10. The van der Waals surface area contributed by atoms with Gasteiger partial charge in [0, 0.05) is 36.2 Å². The number of rotatable bonds is 6. The molecule has 1 saturated carbocycles. The van der Waals surface area contributed by atoms with E-state index < -0.39 is 0 Å². The van der Waals surface area contributed by atoms with Crippen LogP contribution in [0.5, 0.6) is 0 Å². The second-order valence-corrected chi connectivity index (χ2v) is 5.64. The molecule has 1 fully saturated rings. The van der Waals surface area contributed by atoms with Crippen LogP contribution in [0.1, 0.15) is 31.7 Å². The first-order chi connectivity index (χ1) is 10.4. The number of fused-ring (bicyclic) bond motifs is 1. The molecule has 0 amide bonds. The SMILES string of the molecule is CCNC(=NCCCc1c[nH]c2ccccc12)NC1CC1. The number of aryl methyl sites for hydroxylation is 1. The predicted octanol–water partition coefficient (Wildman–Crippen LogP) is 2.82. The molecule has 2 aromatic rings. The second kappa shape index (κ2) is 6.66. The van der Waals surface area contributed by atoms with Gasteiger partial charge in [0.05, 0.1) is 0 Å². The summed E-state index contributed by atoms with van der Waals surface area (Å²) in [5.74, 6) is 0.971. The number of para-hydroxylation sites is 1. The summed E-state index contributed by atoms with van der Waals surface area (Å²) in [6, 6.07) is 9.12. The molecule has 112 valence electrons. The summed E-state index contributed by atoms with van der Waals surface area (Å²) in [5.41, 5.74) is 2.61. The van der Waals surface area contributed by atoms with E-state index in [1.807, 2.05) is 0 Å². The molecule has 0 unspecified atom stereocenters. The van der Waals surface area contributed by atoms with Crippen molar-refractivity contribution in [2.75, 3.05) is 13.1 Å². The summed E-state index contributed by atoms with van der Waals surface area (Å²) in [4.78, 5) is 7.99. The third-order valence-corrected chi connectivity index (χ3v) is 3.81. The van der Waals surface area contributed by atoms with Crippen LogP contribution in [0.25, 0.3) is 10.9 Å². The first-order valence-electron chi connectivity index (χ1n) is 7.96. The van der Waals surface area contributed by atoms with E-state index in [0.717, 1.165) is 31.9 Å². The Morgan fingerprint density at radius 2 is 2.19 bits per heavy atom. The van der Waals surface area contributed by atoms with E-state index in [9.17, 15) is 0 Å². The Labute approximate surface area is 126 Å². The van der Waals surface area contributed by atoms with Crippen molar-refractivity contribution in [3.05, 3.63) is 36.0 Å². The molecule has 1 heterocycles. The van der Waals surface area contributed by atoms with Crippen molar-refractivity contribution in [2.24, 2.45) is 4.99 Å². The maximum atomic E-state index is 4.66. The number of benzene rings is 1. The number of aromatic nitrogens is 1. The van der Waals surface area contributed by atoms with Gasteiger partial charge in [-0.1, -0.05) is 18.2 Å². The van der Waals surface area contributed by atoms with Gasteiger partial charge in [0.1, 0.15) is 0 Å². The number of hydrogen-bond donors (Lipinski definition) is 3. The smallest absolute Gasteiger partial charge is 0.191 e. The highest BCUT2D eigenvalue weighted by Crippen LogP contribution is 2.19. The van der Waals surface area contributed by atoms with Gasteiger partial charge in [-0.15, -0.1) is 0 Å². The predicted molar refractivity (Wildman–Crippen MR) is 88.8 cm³/mol. The summed E-state index contributed by atoms with van der Waals surface area (Å²) in [6.45, 7) is 3.89. The van der Waals surface area contributed by atoms with Crippen LogP contribution in [-0.2, 0) is 6.42 Å². The molecule has 0 bridgehead atoms. The molecule has 4 heteroatoms. The molecule has 4 nitrogen and oxygen atoms in total. The van der Waals surface area contributed by atoms with Crippen LogP contribution >= 0.6 is 0 Å². The number of nitrogens with one attached hydrogen (secondary N) is 3. The van der Waals surface area contributed by atoms with Crippen LogP contribution in [0.3, 0.4) is 0 Å². The van der Waals surface area contributed by atoms with Gasteiger partial charge in [-0.25, -0.2) is 0 Å². The van der Waals surface area contributed by atoms with Crippen LogP contribution in [-0.4, -0.2) is 30.1 Å². The van der Waals surface area contributed by atoms with Crippen molar-refractivity contribution < 1.29 is 0 Å². The molecule has 0 aliphatic heterocycles. The molecular weight excluding hydrogens is 260 g/mol. The van der Waals surface area contributed by atoms with Crippen LogP contribution in [0, 0.1) is 0 Å². The third kappa shape index (κ3) is 3.78. The largest absolute Gasteiger partial charge is 0.361 e. The van der Waals surface area contributed by atoms with E-state index in [2.05, 4.69) is 58.0 Å². The van der Waals surface area contributed by atoms with E-state index in [-0.39, 0.29) is 0 Å². The van der Waals surface area contributed by atoms with Crippen LogP contribution < -0.4 is 10.6 Å². The van der Waals surface area contributed by atoms with Crippen molar-refractivity contribution >= 4 is 16.9 Å². The minimum Gasteiger partial charge on any atom is -0.361 e.